The summed E-state index contributed by atoms with van der Waals surface area (Å²) in [6, 6.07) is 4.76. The van der Waals surface area contributed by atoms with Gasteiger partial charge in [0, 0.05) is 6.42 Å². The van der Waals surface area contributed by atoms with Crippen LogP contribution in [-0.4, -0.2) is 62.7 Å². The van der Waals surface area contributed by atoms with Crippen LogP contribution in [0.25, 0.3) is 0 Å². The van der Waals surface area contributed by atoms with Gasteiger partial charge >= 0.3 is 25.2 Å². The summed E-state index contributed by atoms with van der Waals surface area (Å²) >= 11 is 0. The van der Waals surface area contributed by atoms with Crippen molar-refractivity contribution < 1.29 is 51.1 Å². The Kier molecular flexibility index (Phi) is 10.3. The number of benzene rings is 1. The number of nitrogens with one attached hydrogen (secondary N) is 1. The number of halogens is 3. The van der Waals surface area contributed by atoms with Crippen molar-refractivity contribution in [3.8, 4) is 5.75 Å². The Bertz CT molecular complexity index is 1220. The van der Waals surface area contributed by atoms with Crippen molar-refractivity contribution in [2.75, 3.05) is 13.9 Å². The quantitative estimate of drug-likeness (QED) is 0.176. The summed E-state index contributed by atoms with van der Waals surface area (Å²) in [6.45, 7) is 9.59. The molecule has 5 unspecified atom stereocenters. The summed E-state index contributed by atoms with van der Waals surface area (Å²) in [5.41, 5.74) is -0.00875. The zero-order chi connectivity index (χ0) is 32.4. The minimum atomic E-state index is -4.48. The van der Waals surface area contributed by atoms with Crippen LogP contribution in [0, 0.1) is 23.2 Å². The van der Waals surface area contributed by atoms with Crippen molar-refractivity contribution in [1.82, 2.24) is 5.32 Å². The van der Waals surface area contributed by atoms with Crippen LogP contribution in [0.3, 0.4) is 0 Å². The molecule has 5 rings (SSSR count). The van der Waals surface area contributed by atoms with E-state index in [4.69, 9.17) is 23.5 Å². The van der Waals surface area contributed by atoms with Crippen LogP contribution in [0.4, 0.5) is 13.2 Å². The third kappa shape index (κ3) is 7.03. The number of ether oxygens (including phenoxy) is 3. The Morgan fingerprint density at radius 1 is 1.11 bits per heavy atom. The SMILES string of the molecule is CCC(CC)C(=O)OCOC(=O)c1cccc(CC(NC(=O)CCC(F)(F)F)B2OC3CC4CC(C4(C)C)C3(C)O2)c1OC. The Morgan fingerprint density at radius 3 is 2.43 bits per heavy atom. The van der Waals surface area contributed by atoms with Gasteiger partial charge in [-0.2, -0.15) is 13.2 Å². The molecule has 1 heterocycles. The molecule has 5 atom stereocenters. The number of hydrogen-bond donors (Lipinski definition) is 1. The summed E-state index contributed by atoms with van der Waals surface area (Å²) in [7, 11) is 0.437. The third-order valence-corrected chi connectivity index (χ3v) is 9.95. The zero-order valence-electron chi connectivity index (χ0n) is 26.3. The first-order valence-corrected chi connectivity index (χ1v) is 15.3. The molecule has 2 bridgehead atoms. The molecule has 4 fully saturated rings. The van der Waals surface area contributed by atoms with E-state index >= 15 is 0 Å². The van der Waals surface area contributed by atoms with Crippen LogP contribution < -0.4 is 10.1 Å². The number of amides is 1. The van der Waals surface area contributed by atoms with Gasteiger partial charge in [-0.3, -0.25) is 9.59 Å². The van der Waals surface area contributed by atoms with E-state index in [2.05, 4.69) is 19.2 Å². The molecular formula is C31H43BF3NO8. The highest BCUT2D eigenvalue weighted by molar-refractivity contribution is 6.48. The fourth-order valence-corrected chi connectivity index (χ4v) is 7.16. The fourth-order valence-electron chi connectivity index (χ4n) is 7.16. The van der Waals surface area contributed by atoms with Crippen LogP contribution in [-0.2, 0) is 34.8 Å². The lowest BCUT2D eigenvalue weighted by Gasteiger charge is -2.64. The molecule has 4 aliphatic rings. The van der Waals surface area contributed by atoms with Gasteiger partial charge in [-0.1, -0.05) is 39.8 Å². The Balaban J connectivity index is 1.52. The molecule has 13 heteroatoms. The number of carbonyl (C=O) groups excluding carboxylic acids is 3. The van der Waals surface area contributed by atoms with Crippen molar-refractivity contribution in [1.29, 1.82) is 0 Å². The van der Waals surface area contributed by atoms with Crippen LogP contribution >= 0.6 is 0 Å². The lowest BCUT2D eigenvalue weighted by molar-refractivity contribution is -0.199. The Labute approximate surface area is 257 Å². The van der Waals surface area contributed by atoms with E-state index in [9.17, 15) is 27.6 Å². The van der Waals surface area contributed by atoms with E-state index in [1.165, 1.54) is 13.2 Å². The molecule has 0 spiro atoms. The molecule has 1 N–H and O–H groups in total. The first kappa shape index (κ1) is 34.1. The Morgan fingerprint density at radius 2 is 1.82 bits per heavy atom. The first-order chi connectivity index (χ1) is 20.6. The summed E-state index contributed by atoms with van der Waals surface area (Å²) in [4.78, 5) is 37.9. The topological polar surface area (TPSA) is 109 Å². The molecule has 3 saturated carbocycles. The van der Waals surface area contributed by atoms with Gasteiger partial charge in [-0.15, -0.1) is 0 Å². The first-order valence-electron chi connectivity index (χ1n) is 15.3. The minimum Gasteiger partial charge on any atom is -0.496 e. The molecular weight excluding hydrogens is 582 g/mol. The second-order valence-corrected chi connectivity index (χ2v) is 12.9. The maximum atomic E-state index is 13.0. The predicted octanol–water partition coefficient (Wildman–Crippen LogP) is 5.43. The van der Waals surface area contributed by atoms with E-state index in [1.54, 1.807) is 12.1 Å². The van der Waals surface area contributed by atoms with Crippen molar-refractivity contribution in [2.45, 2.75) is 103 Å². The standard InChI is InChI=1S/C31H43BF3NO8/c1-7-18(8-2)27(38)41-17-42-28(39)21-11-9-10-19(26(21)40-6)14-24(36-25(37)12-13-31(33,34)35)32-43-23-16-20-15-22(29(20,3)4)30(23,5)44-32/h9-11,18,20,22-24H,7-8,12-17H2,1-6H3,(H,36,37). The van der Waals surface area contributed by atoms with Crippen molar-refractivity contribution in [2.24, 2.45) is 23.2 Å². The van der Waals surface area contributed by atoms with E-state index < -0.39 is 62.3 Å². The summed E-state index contributed by atoms with van der Waals surface area (Å²) in [5, 5.41) is 2.71. The lowest BCUT2D eigenvalue weighted by Crippen LogP contribution is -2.65. The van der Waals surface area contributed by atoms with Gasteiger partial charge in [0.05, 0.1) is 37.1 Å². The molecule has 1 aromatic carbocycles. The zero-order valence-corrected chi connectivity index (χ0v) is 26.3. The van der Waals surface area contributed by atoms with Gasteiger partial charge in [0.2, 0.25) is 12.7 Å². The molecule has 9 nitrogen and oxygen atoms in total. The molecule has 1 aliphatic heterocycles. The molecule has 44 heavy (non-hydrogen) atoms. The highest BCUT2D eigenvalue weighted by Crippen LogP contribution is 2.65. The van der Waals surface area contributed by atoms with Gasteiger partial charge in [0.25, 0.3) is 0 Å². The number of para-hydroxylation sites is 1. The van der Waals surface area contributed by atoms with Crippen molar-refractivity contribution in [3.63, 3.8) is 0 Å². The number of alkyl halides is 3. The molecule has 0 radical (unpaired) electrons. The molecule has 1 amide bonds. The number of hydrogen-bond acceptors (Lipinski definition) is 8. The van der Waals surface area contributed by atoms with Crippen LogP contribution in [0.1, 0.15) is 89.1 Å². The van der Waals surface area contributed by atoms with Gasteiger partial charge < -0.3 is 28.8 Å². The summed E-state index contributed by atoms with van der Waals surface area (Å²) < 4.78 is 67.4. The third-order valence-electron chi connectivity index (χ3n) is 9.95. The number of carbonyl (C=O) groups is 3. The molecule has 244 valence electrons. The van der Waals surface area contributed by atoms with Crippen LogP contribution in [0.2, 0.25) is 0 Å². The monoisotopic (exact) mass is 625 g/mol. The Hall–Kier alpha value is -2.80. The predicted molar refractivity (Wildman–Crippen MR) is 154 cm³/mol. The van der Waals surface area contributed by atoms with Gasteiger partial charge in [-0.05, 0) is 67.9 Å². The van der Waals surface area contributed by atoms with E-state index in [0.29, 0.717) is 24.3 Å². The average molecular weight is 625 g/mol. The van der Waals surface area contributed by atoms with E-state index in [1.807, 2.05) is 20.8 Å². The fraction of sp³-hybridized carbons (Fsp3) is 0.710. The van der Waals surface area contributed by atoms with Crippen molar-refractivity contribution >= 4 is 25.0 Å². The largest absolute Gasteiger partial charge is 0.496 e. The minimum absolute atomic E-state index is 0.0384. The van der Waals surface area contributed by atoms with Gasteiger partial charge in [-0.25, -0.2) is 4.79 Å². The van der Waals surface area contributed by atoms with Crippen LogP contribution in [0.15, 0.2) is 18.2 Å². The maximum absolute atomic E-state index is 13.0. The smallest absolute Gasteiger partial charge is 0.482 e. The maximum Gasteiger partial charge on any atom is 0.482 e. The van der Waals surface area contributed by atoms with Crippen LogP contribution in [0.5, 0.6) is 5.75 Å². The van der Waals surface area contributed by atoms with Gasteiger partial charge in [0.1, 0.15) is 11.3 Å². The summed E-state index contributed by atoms with van der Waals surface area (Å²) in [6.07, 6.45) is -3.68. The lowest BCUT2D eigenvalue weighted by atomic mass is 9.43. The molecule has 1 aromatic rings. The van der Waals surface area contributed by atoms with Gasteiger partial charge in [0.15, 0.2) is 0 Å². The number of methoxy groups -OCH3 is 1. The molecule has 0 aromatic heterocycles. The van der Waals surface area contributed by atoms with E-state index in [-0.39, 0.29) is 41.1 Å². The highest BCUT2D eigenvalue weighted by Gasteiger charge is 2.68. The average Bonchev–Trinajstić information content (AvgIpc) is 3.33. The second-order valence-electron chi connectivity index (χ2n) is 12.9. The number of esters is 2. The summed E-state index contributed by atoms with van der Waals surface area (Å²) in [5.74, 6) is -2.35. The highest BCUT2D eigenvalue weighted by atomic mass is 19.4. The molecule has 3 aliphatic carbocycles. The van der Waals surface area contributed by atoms with Crippen molar-refractivity contribution in [3.05, 3.63) is 29.3 Å². The number of rotatable bonds is 13. The second kappa shape index (κ2) is 13.3. The normalized spacial score (nSPS) is 26.0. The molecule has 1 saturated heterocycles. The van der Waals surface area contributed by atoms with E-state index in [0.717, 1.165) is 12.8 Å².